The molecule has 1 nitrogen and oxygen atoms in total. The van der Waals surface area contributed by atoms with Crippen LogP contribution in [0.15, 0.2) is 263 Å². The van der Waals surface area contributed by atoms with Crippen molar-refractivity contribution in [1.82, 2.24) is 4.57 Å². The maximum atomic E-state index is 5.67. The summed E-state index contributed by atoms with van der Waals surface area (Å²) in [6.07, 6.45) is 89.9. The summed E-state index contributed by atoms with van der Waals surface area (Å²) in [6, 6.07) is 63.7. The van der Waals surface area contributed by atoms with Gasteiger partial charge in [-0.15, -0.1) is 26.3 Å². The van der Waals surface area contributed by atoms with E-state index in [0.717, 1.165) is 64.7 Å². The number of hydrogen-bond acceptors (Lipinski definition) is 0. The monoisotopic (exact) mass is 1940 g/mol. The van der Waals surface area contributed by atoms with Crippen LogP contribution in [0.3, 0.4) is 0 Å². The minimum absolute atomic E-state index is 0.0465. The third kappa shape index (κ3) is 25.1. The number of aromatic nitrogens is 1. The second kappa shape index (κ2) is 50.0. The molecule has 4 bridgehead atoms. The van der Waals surface area contributed by atoms with Crippen LogP contribution in [0.5, 0.6) is 0 Å². The number of allylic oxidation sites excluding steroid dienone is 10. The van der Waals surface area contributed by atoms with Gasteiger partial charge >= 0.3 is 73.4 Å². The van der Waals surface area contributed by atoms with Crippen molar-refractivity contribution in [3.63, 3.8) is 0 Å². The Morgan fingerprint density at radius 1 is 0.316 bits per heavy atom. The van der Waals surface area contributed by atoms with E-state index in [-0.39, 0.29) is 15.8 Å². The topological polar surface area (TPSA) is 4.93 Å². The molecule has 0 radical (unpaired) electrons. The van der Waals surface area contributed by atoms with E-state index in [9.17, 15) is 0 Å². The predicted octanol–water partition coefficient (Wildman–Crippen LogP) is 37.8. The summed E-state index contributed by atoms with van der Waals surface area (Å²) in [7, 11) is 11.2. The van der Waals surface area contributed by atoms with E-state index in [0.29, 0.717) is 41.4 Å². The third-order valence-electron chi connectivity index (χ3n) is 36.7. The Morgan fingerprint density at radius 2 is 0.647 bits per heavy atom. The zero-order valence-corrected chi connectivity index (χ0v) is 87.3. The molecule has 1 heterocycles. The number of rotatable bonds is 21. The Labute approximate surface area is 823 Å². The molecule has 0 spiro atoms. The van der Waals surface area contributed by atoms with E-state index < -0.39 is 13.5 Å². The van der Waals surface area contributed by atoms with Crippen LogP contribution in [0, 0.1) is 88.8 Å². The van der Waals surface area contributed by atoms with Gasteiger partial charge in [0, 0.05) is 56.0 Å². The Hall–Kier alpha value is -5.55. The molecule has 11 saturated carbocycles. The van der Waals surface area contributed by atoms with Crippen LogP contribution in [0.25, 0.3) is 44.1 Å². The molecule has 6 heteroatoms. The molecular formula is C127H169Cl2NP2Ru+2. The van der Waals surface area contributed by atoms with Gasteiger partial charge in [0.1, 0.15) is 0 Å². The minimum atomic E-state index is -1.61. The van der Waals surface area contributed by atoms with Crippen molar-refractivity contribution in [2.45, 2.75) is 349 Å². The molecule has 15 aliphatic rings. The van der Waals surface area contributed by atoms with Crippen molar-refractivity contribution in [2.24, 2.45) is 88.8 Å². The van der Waals surface area contributed by atoms with Gasteiger partial charge in [-0.05, 0) is 377 Å². The summed E-state index contributed by atoms with van der Waals surface area (Å²) >= 11 is -1.61. The van der Waals surface area contributed by atoms with Crippen molar-refractivity contribution >= 4 is 61.6 Å². The summed E-state index contributed by atoms with van der Waals surface area (Å²) in [6.45, 7) is 22.2. The van der Waals surface area contributed by atoms with Gasteiger partial charge in [0.05, 0.1) is 34.0 Å². The standard InChI is InChI=1S/C32H38.C23H24.C20H19N.2C18H33P.C9H14.C7H6.2ClH.Ru/c1-4-22-17-26(16-15-23-19-24(5-2)25(6-3)20-23)27(18-22)21-32-30-13-9-7-11-28(30)29-12-8-10-14-31(29)32;1-3-16-13-17(4-2)18(14-16)15-23-21-11-7-5-9-19(21)20-10-6-8-12-22(20)23;1-3-7-19-17(5-1)18-6-2-4-8-20(18)21(19)13-16-12-14-9-10-15(16)11-14;2*1-4-10-16(11-5-1)19(17-12-6-2-7-13-17)18-14-8-3-9-15-18;1-2-8-5-7-3-4-9(8)6-7;1-7-5-3-2-4-6-7;;;/h4-5,7-16,22-27,32H,1-2,6,17-21H2,3H3;3-12,16-18,23H,1-2,13-15H2;1-10,14-16H,11-13H2;2*16-18H,1-15H2;3-4,7-9H,2,5-6H2,1H3;1-6H;2*1H;/q;;;;;;;;;+2/b16-15-;;;;;;;;;. The Morgan fingerprint density at radius 3 is 0.985 bits per heavy atom. The van der Waals surface area contributed by atoms with Crippen LogP contribution in [-0.2, 0) is 20.1 Å². The van der Waals surface area contributed by atoms with Crippen LogP contribution >= 0.6 is 35.2 Å². The normalized spacial score (nSPS) is 28.6. The molecule has 15 unspecified atom stereocenters. The summed E-state index contributed by atoms with van der Waals surface area (Å²) < 4.78 is 4.48. The second-order valence-electron chi connectivity index (χ2n) is 44.5. The molecule has 0 amide bonds. The van der Waals surface area contributed by atoms with Crippen molar-refractivity contribution in [3.8, 4) is 22.3 Å². The van der Waals surface area contributed by atoms with Gasteiger partial charge in [0.2, 0.25) is 0 Å². The van der Waals surface area contributed by atoms with Crippen molar-refractivity contribution in [1.29, 1.82) is 0 Å². The molecule has 7 aromatic carbocycles. The second-order valence-corrected chi connectivity index (χ2v) is 57.1. The Bertz CT molecular complexity index is 4810. The molecule has 11 fully saturated rings. The van der Waals surface area contributed by atoms with Crippen molar-refractivity contribution in [3.05, 3.63) is 291 Å². The van der Waals surface area contributed by atoms with Gasteiger partial charge < -0.3 is 4.57 Å². The maximum absolute atomic E-state index is 5.67. The van der Waals surface area contributed by atoms with Crippen LogP contribution < -0.4 is 0 Å². The van der Waals surface area contributed by atoms with E-state index in [1.165, 1.54) is 197 Å². The van der Waals surface area contributed by atoms with Gasteiger partial charge in [-0.3, -0.25) is 0 Å². The number of benzene rings is 7. The van der Waals surface area contributed by atoms with Crippen LogP contribution in [0.1, 0.15) is 336 Å². The fourth-order valence-electron chi connectivity index (χ4n) is 30.0. The van der Waals surface area contributed by atoms with Crippen LogP contribution in [-0.4, -0.2) is 43.1 Å². The average Bonchev–Trinajstić information content (AvgIpc) is 1.62. The number of para-hydroxylation sites is 2. The first-order valence-electron chi connectivity index (χ1n) is 55.0. The zero-order valence-electron chi connectivity index (χ0n) is 82.1. The molecule has 23 rings (SSSR count). The molecule has 0 N–H and O–H groups in total. The number of nitrogens with zero attached hydrogens (tertiary/aromatic N) is 1. The summed E-state index contributed by atoms with van der Waals surface area (Å²) in [5.41, 5.74) is 23.1. The quantitative estimate of drug-likeness (QED) is 0.0384. The molecule has 133 heavy (non-hydrogen) atoms. The van der Waals surface area contributed by atoms with Gasteiger partial charge in [-0.1, -0.05) is 259 Å². The molecule has 712 valence electrons. The predicted molar refractivity (Wildman–Crippen MR) is 585 cm³/mol. The summed E-state index contributed by atoms with van der Waals surface area (Å²) in [5.74, 6) is 12.9. The molecule has 0 aliphatic heterocycles. The molecule has 0 saturated heterocycles. The first-order chi connectivity index (χ1) is 65.5. The van der Waals surface area contributed by atoms with E-state index in [1.54, 1.807) is 193 Å². The van der Waals surface area contributed by atoms with E-state index in [2.05, 4.69) is 251 Å². The summed E-state index contributed by atoms with van der Waals surface area (Å²) in [5, 5.41) is 2.79. The molecular weight excluding hydrogens is 1770 g/mol. The first kappa shape index (κ1) is 99.0. The molecule has 8 aromatic rings. The first-order valence-corrected chi connectivity index (χ1v) is 63.9. The van der Waals surface area contributed by atoms with Crippen LogP contribution in [0.2, 0.25) is 0 Å². The summed E-state index contributed by atoms with van der Waals surface area (Å²) in [4.78, 5) is 0. The Kier molecular flexibility index (Phi) is 37.3. The fourth-order valence-corrected chi connectivity index (χ4v) is 42.3. The average molecular weight is 1940 g/mol. The molecule has 15 atom stereocenters. The SMILES string of the molecule is C1=CC2CC1CC2Cn1c2ccccc2c2ccccc21.C1CCC([PH+](C2CCCCC2)C2CCCCC2)CC1.C1CCC([PH+](C2CCCCC2)C2CCCCC2)CC1.C=CC1CC(/C=C\C2CC(C=C)C(CC)C2)C(CC2c3ccccc3-c3ccccc32)C1.C=CC1CC(C=C)C(CC2c3ccccc3-c3ccccc32)C1.CCC1CC2C=CC1C2.[Cl][Ru]([Cl])=[CH]c1ccccc1. The van der Waals surface area contributed by atoms with Crippen LogP contribution in [0.4, 0.5) is 0 Å². The number of fused-ring (bicyclic) bond motifs is 13. The van der Waals surface area contributed by atoms with E-state index >= 15 is 0 Å². The van der Waals surface area contributed by atoms with Crippen molar-refractivity contribution in [2.75, 3.05) is 0 Å². The van der Waals surface area contributed by atoms with E-state index in [1.807, 2.05) is 34.9 Å². The Balaban J connectivity index is 0.000000111. The third-order valence-corrected chi connectivity index (χ3v) is 47.7. The van der Waals surface area contributed by atoms with Gasteiger partial charge in [-0.25, -0.2) is 0 Å². The zero-order chi connectivity index (χ0) is 91.2. The van der Waals surface area contributed by atoms with Gasteiger partial charge in [-0.2, -0.15) is 0 Å². The van der Waals surface area contributed by atoms with Crippen molar-refractivity contribution < 1.29 is 13.5 Å². The van der Waals surface area contributed by atoms with E-state index in [4.69, 9.17) is 19.4 Å². The molecule has 15 aliphatic carbocycles. The molecule has 1 aromatic heterocycles. The van der Waals surface area contributed by atoms with Gasteiger partial charge in [0.15, 0.2) is 0 Å². The fraction of sp³-hybridized carbons (Fsp3) is 0.551. The number of halogens is 2. The van der Waals surface area contributed by atoms with Gasteiger partial charge in [0.25, 0.3) is 0 Å². The number of hydrogen-bond donors (Lipinski definition) is 0.